The van der Waals surface area contributed by atoms with Crippen molar-refractivity contribution in [2.75, 3.05) is 51.3 Å². The van der Waals surface area contributed by atoms with Crippen molar-refractivity contribution < 1.29 is 8.42 Å². The molecule has 1 fully saturated rings. The first kappa shape index (κ1) is 23.5. The summed E-state index contributed by atoms with van der Waals surface area (Å²) in [6, 6.07) is 10.4. The molecule has 1 atom stereocenters. The van der Waals surface area contributed by atoms with Gasteiger partial charge in [0.2, 0.25) is 0 Å². The Kier molecular flexibility index (Phi) is 10.9. The van der Waals surface area contributed by atoms with Gasteiger partial charge < -0.3 is 10.6 Å². The lowest BCUT2D eigenvalue weighted by molar-refractivity contribution is 0.299. The molecule has 0 aliphatic carbocycles. The molecule has 6 nitrogen and oxygen atoms in total. The SMILES string of the molecule is CN=C(NCCN1CCS(=O)(=O)CC1)NCC(C)Sc1ccccc1.I. The molecule has 0 radical (unpaired) electrons. The van der Waals surface area contributed by atoms with Gasteiger partial charge in [-0.25, -0.2) is 8.42 Å². The number of rotatable bonds is 7. The van der Waals surface area contributed by atoms with Crippen LogP contribution in [0, 0.1) is 0 Å². The van der Waals surface area contributed by atoms with Gasteiger partial charge in [-0.3, -0.25) is 9.89 Å². The van der Waals surface area contributed by atoms with Gasteiger partial charge in [-0.2, -0.15) is 0 Å². The van der Waals surface area contributed by atoms with E-state index in [1.807, 2.05) is 17.8 Å². The molecule has 26 heavy (non-hydrogen) atoms. The Morgan fingerprint density at radius 1 is 1.23 bits per heavy atom. The zero-order chi connectivity index (χ0) is 18.1. The summed E-state index contributed by atoms with van der Waals surface area (Å²) in [6.45, 7) is 5.83. The molecule has 1 aliphatic rings. The van der Waals surface area contributed by atoms with Crippen LogP contribution in [0.2, 0.25) is 0 Å². The van der Waals surface area contributed by atoms with Crippen LogP contribution in [0.15, 0.2) is 40.2 Å². The quantitative estimate of drug-likeness (QED) is 0.251. The number of sulfone groups is 1. The van der Waals surface area contributed by atoms with E-state index in [1.54, 1.807) is 7.05 Å². The number of thioether (sulfide) groups is 1. The Morgan fingerprint density at radius 3 is 2.50 bits per heavy atom. The summed E-state index contributed by atoms with van der Waals surface area (Å²) in [4.78, 5) is 7.68. The summed E-state index contributed by atoms with van der Waals surface area (Å²) in [5.74, 6) is 1.33. The van der Waals surface area contributed by atoms with E-state index in [9.17, 15) is 8.42 Å². The number of hydrogen-bond acceptors (Lipinski definition) is 5. The maximum Gasteiger partial charge on any atom is 0.191 e. The maximum absolute atomic E-state index is 11.4. The van der Waals surface area contributed by atoms with E-state index in [2.05, 4.69) is 51.7 Å². The van der Waals surface area contributed by atoms with Gasteiger partial charge in [-0.05, 0) is 12.1 Å². The highest BCUT2D eigenvalue weighted by Gasteiger charge is 2.20. The monoisotopic (exact) mass is 512 g/mol. The van der Waals surface area contributed by atoms with Crippen molar-refractivity contribution >= 4 is 51.5 Å². The molecular formula is C17H29IN4O2S2. The largest absolute Gasteiger partial charge is 0.355 e. The second kappa shape index (κ2) is 12.0. The van der Waals surface area contributed by atoms with Crippen LogP contribution < -0.4 is 10.6 Å². The summed E-state index contributed by atoms with van der Waals surface area (Å²) in [7, 11) is -1.04. The lowest BCUT2D eigenvalue weighted by atomic mass is 10.4. The minimum absolute atomic E-state index is 0. The molecule has 0 amide bonds. The zero-order valence-electron chi connectivity index (χ0n) is 15.3. The summed E-state index contributed by atoms with van der Waals surface area (Å²) in [5.41, 5.74) is 0. The van der Waals surface area contributed by atoms with Gasteiger partial charge in [0.1, 0.15) is 0 Å². The molecule has 2 rings (SSSR count). The molecule has 1 unspecified atom stereocenters. The van der Waals surface area contributed by atoms with E-state index in [0.717, 1.165) is 25.6 Å². The van der Waals surface area contributed by atoms with Crippen molar-refractivity contribution in [1.29, 1.82) is 0 Å². The molecular weight excluding hydrogens is 483 g/mol. The highest BCUT2D eigenvalue weighted by Crippen LogP contribution is 2.21. The second-order valence-electron chi connectivity index (χ2n) is 6.11. The molecule has 9 heteroatoms. The minimum Gasteiger partial charge on any atom is -0.355 e. The van der Waals surface area contributed by atoms with Crippen LogP contribution in [-0.4, -0.2) is 75.8 Å². The fourth-order valence-electron chi connectivity index (χ4n) is 2.54. The van der Waals surface area contributed by atoms with Crippen molar-refractivity contribution in [2.45, 2.75) is 17.1 Å². The highest BCUT2D eigenvalue weighted by atomic mass is 127. The molecule has 1 aromatic carbocycles. The molecule has 1 heterocycles. The van der Waals surface area contributed by atoms with E-state index in [-0.39, 0.29) is 35.5 Å². The molecule has 0 bridgehead atoms. The summed E-state index contributed by atoms with van der Waals surface area (Å²) < 4.78 is 22.9. The molecule has 0 aromatic heterocycles. The number of nitrogens with one attached hydrogen (secondary N) is 2. The Labute approximate surface area is 178 Å². The first-order valence-electron chi connectivity index (χ1n) is 8.57. The molecule has 1 aromatic rings. The minimum atomic E-state index is -2.81. The maximum atomic E-state index is 11.4. The van der Waals surface area contributed by atoms with Crippen LogP contribution in [-0.2, 0) is 9.84 Å². The fourth-order valence-corrected chi connectivity index (χ4v) is 4.76. The second-order valence-corrected chi connectivity index (χ2v) is 9.93. The third kappa shape index (κ3) is 8.92. The molecule has 2 N–H and O–H groups in total. The van der Waals surface area contributed by atoms with E-state index in [0.29, 0.717) is 18.3 Å². The molecule has 1 aliphatic heterocycles. The van der Waals surface area contributed by atoms with Crippen molar-refractivity contribution in [2.24, 2.45) is 4.99 Å². The summed E-state index contributed by atoms with van der Waals surface area (Å²) >= 11 is 1.83. The average Bonchev–Trinajstić information content (AvgIpc) is 2.60. The van der Waals surface area contributed by atoms with Gasteiger partial charge in [0.15, 0.2) is 15.8 Å². The van der Waals surface area contributed by atoms with Crippen LogP contribution in [0.5, 0.6) is 0 Å². The van der Waals surface area contributed by atoms with Crippen molar-refractivity contribution in [3.05, 3.63) is 30.3 Å². The number of benzene rings is 1. The Morgan fingerprint density at radius 2 is 1.88 bits per heavy atom. The predicted molar refractivity (Wildman–Crippen MR) is 122 cm³/mol. The van der Waals surface area contributed by atoms with Gasteiger partial charge in [0, 0.05) is 49.9 Å². The third-order valence-electron chi connectivity index (χ3n) is 4.02. The van der Waals surface area contributed by atoms with Gasteiger partial charge >= 0.3 is 0 Å². The van der Waals surface area contributed by atoms with E-state index in [1.165, 1.54) is 4.90 Å². The van der Waals surface area contributed by atoms with Crippen LogP contribution in [0.4, 0.5) is 0 Å². The Hall–Kier alpha value is -0.520. The van der Waals surface area contributed by atoms with Crippen LogP contribution in [0.3, 0.4) is 0 Å². The highest BCUT2D eigenvalue weighted by molar-refractivity contribution is 14.0. The molecule has 148 valence electrons. The fraction of sp³-hybridized carbons (Fsp3) is 0.588. The van der Waals surface area contributed by atoms with Gasteiger partial charge in [0.05, 0.1) is 11.5 Å². The number of aliphatic imine (C=N–C) groups is 1. The van der Waals surface area contributed by atoms with Crippen LogP contribution >= 0.6 is 35.7 Å². The van der Waals surface area contributed by atoms with Crippen LogP contribution in [0.1, 0.15) is 6.92 Å². The lowest BCUT2D eigenvalue weighted by Crippen LogP contribution is -2.46. The number of guanidine groups is 1. The zero-order valence-corrected chi connectivity index (χ0v) is 19.3. The number of hydrogen-bond donors (Lipinski definition) is 2. The first-order valence-corrected chi connectivity index (χ1v) is 11.3. The summed E-state index contributed by atoms with van der Waals surface area (Å²) in [6.07, 6.45) is 0. The van der Waals surface area contributed by atoms with Crippen molar-refractivity contribution in [3.63, 3.8) is 0 Å². The lowest BCUT2D eigenvalue weighted by Gasteiger charge is -2.26. The molecule has 0 spiro atoms. The Balaban J connectivity index is 0.00000338. The van der Waals surface area contributed by atoms with Gasteiger partial charge in [-0.15, -0.1) is 35.7 Å². The van der Waals surface area contributed by atoms with E-state index in [4.69, 9.17) is 0 Å². The van der Waals surface area contributed by atoms with Crippen LogP contribution in [0.25, 0.3) is 0 Å². The van der Waals surface area contributed by atoms with E-state index >= 15 is 0 Å². The Bertz CT molecular complexity index is 642. The first-order chi connectivity index (χ1) is 12.0. The predicted octanol–water partition coefficient (Wildman–Crippen LogP) is 1.68. The average molecular weight is 512 g/mol. The standard InChI is InChI=1S/C17H28N4O2S2.HI/c1-15(24-16-6-4-3-5-7-16)14-20-17(18-2)19-8-9-21-10-12-25(22,23)13-11-21;/h3-7,15H,8-14H2,1-2H3,(H2,18,19,20);1H. The molecule has 0 saturated carbocycles. The smallest absolute Gasteiger partial charge is 0.191 e. The van der Waals surface area contributed by atoms with Gasteiger partial charge in [-0.1, -0.05) is 25.1 Å². The van der Waals surface area contributed by atoms with Gasteiger partial charge in [0.25, 0.3) is 0 Å². The normalized spacial score (nSPS) is 18.6. The van der Waals surface area contributed by atoms with Crippen molar-refractivity contribution in [3.8, 4) is 0 Å². The number of halogens is 1. The third-order valence-corrected chi connectivity index (χ3v) is 6.74. The molecule has 1 saturated heterocycles. The van der Waals surface area contributed by atoms with Crippen molar-refractivity contribution in [1.82, 2.24) is 15.5 Å². The topological polar surface area (TPSA) is 73.8 Å². The summed E-state index contributed by atoms with van der Waals surface area (Å²) in [5, 5.41) is 7.06. The number of nitrogens with zero attached hydrogens (tertiary/aromatic N) is 2. The van der Waals surface area contributed by atoms with E-state index < -0.39 is 9.84 Å².